The molecule has 0 aromatic rings. The molecule has 0 bridgehead atoms. The molecule has 0 rings (SSSR count). The number of aliphatic hydroxyl groups excluding tert-OH is 2. The topological polar surface area (TPSA) is 106 Å². The molecule has 0 fully saturated rings. The van der Waals surface area contributed by atoms with E-state index in [2.05, 4.69) is 17.3 Å². The van der Waals surface area contributed by atoms with Crippen molar-refractivity contribution < 1.29 is 32.3 Å². The highest BCUT2D eigenvalue weighted by Crippen LogP contribution is 2.01. The van der Waals surface area contributed by atoms with Crippen LogP contribution in [0.2, 0.25) is 0 Å². The van der Waals surface area contributed by atoms with E-state index in [1.807, 2.05) is 0 Å². The van der Waals surface area contributed by atoms with Crippen LogP contribution in [0.15, 0.2) is 25.7 Å². The molecule has 0 aliphatic rings. The standard InChI is InChI=1S/C13H25NO7S/c1-4-20-10-12(15)8-14(6-7-22(17,18)19-3)9-13(16)11-21-5-2/h4-5,12-13,15-16H,1-2,6-11H2,3H3. The first-order chi connectivity index (χ1) is 10.3. The second kappa shape index (κ2) is 11.4. The lowest BCUT2D eigenvalue weighted by Gasteiger charge is -2.26. The van der Waals surface area contributed by atoms with Gasteiger partial charge < -0.3 is 19.7 Å². The second-order valence-electron chi connectivity index (χ2n) is 4.50. The predicted molar refractivity (Wildman–Crippen MR) is 81.5 cm³/mol. The van der Waals surface area contributed by atoms with Gasteiger partial charge in [-0.15, -0.1) is 0 Å². The van der Waals surface area contributed by atoms with Crippen LogP contribution in [0.25, 0.3) is 0 Å². The monoisotopic (exact) mass is 339 g/mol. The van der Waals surface area contributed by atoms with Gasteiger partial charge in [0.2, 0.25) is 0 Å². The van der Waals surface area contributed by atoms with Crippen LogP contribution < -0.4 is 0 Å². The van der Waals surface area contributed by atoms with Gasteiger partial charge in [0.1, 0.15) is 25.4 Å². The summed E-state index contributed by atoms with van der Waals surface area (Å²) in [7, 11) is -2.54. The van der Waals surface area contributed by atoms with Gasteiger partial charge in [-0.25, -0.2) is 0 Å². The van der Waals surface area contributed by atoms with E-state index >= 15 is 0 Å². The Morgan fingerprint density at radius 3 is 1.91 bits per heavy atom. The number of hydrogen-bond donors (Lipinski definition) is 2. The first kappa shape index (κ1) is 20.9. The summed E-state index contributed by atoms with van der Waals surface area (Å²) < 4.78 is 36.9. The highest BCUT2D eigenvalue weighted by atomic mass is 32.2. The molecule has 0 saturated heterocycles. The molecule has 130 valence electrons. The highest BCUT2D eigenvalue weighted by molar-refractivity contribution is 7.86. The number of rotatable bonds is 14. The summed E-state index contributed by atoms with van der Waals surface area (Å²) in [5, 5.41) is 19.6. The third-order valence-electron chi connectivity index (χ3n) is 2.66. The number of ether oxygens (including phenoxy) is 2. The zero-order valence-corrected chi connectivity index (χ0v) is 13.6. The van der Waals surface area contributed by atoms with E-state index in [0.717, 1.165) is 7.11 Å². The molecule has 0 radical (unpaired) electrons. The van der Waals surface area contributed by atoms with Crippen molar-refractivity contribution in [3.8, 4) is 0 Å². The molecule has 22 heavy (non-hydrogen) atoms. The Kier molecular flexibility index (Phi) is 10.9. The van der Waals surface area contributed by atoms with Crippen LogP contribution in [-0.4, -0.2) is 81.4 Å². The fourth-order valence-corrected chi connectivity index (χ4v) is 2.29. The summed E-state index contributed by atoms with van der Waals surface area (Å²) in [6.45, 7) is 7.11. The number of nitrogens with zero attached hydrogens (tertiary/aromatic N) is 1. The summed E-state index contributed by atoms with van der Waals surface area (Å²) in [5.74, 6) is -0.256. The van der Waals surface area contributed by atoms with E-state index in [1.54, 1.807) is 4.90 Å². The minimum Gasteiger partial charge on any atom is -0.499 e. The van der Waals surface area contributed by atoms with Crippen molar-refractivity contribution in [1.82, 2.24) is 4.90 Å². The van der Waals surface area contributed by atoms with Crippen molar-refractivity contribution in [1.29, 1.82) is 0 Å². The minimum atomic E-state index is -3.62. The SMILES string of the molecule is C=COCC(O)CN(CCS(=O)(=O)OC)CC(O)COC=C. The third kappa shape index (κ3) is 10.6. The van der Waals surface area contributed by atoms with Crippen LogP contribution in [0.4, 0.5) is 0 Å². The molecule has 0 aliphatic heterocycles. The average Bonchev–Trinajstić information content (AvgIpc) is 2.48. The highest BCUT2D eigenvalue weighted by Gasteiger charge is 2.19. The molecular weight excluding hydrogens is 314 g/mol. The lowest BCUT2D eigenvalue weighted by Crippen LogP contribution is -2.42. The van der Waals surface area contributed by atoms with E-state index in [1.165, 1.54) is 12.5 Å². The van der Waals surface area contributed by atoms with Crippen LogP contribution in [-0.2, 0) is 23.8 Å². The van der Waals surface area contributed by atoms with E-state index in [-0.39, 0.29) is 38.6 Å². The van der Waals surface area contributed by atoms with Gasteiger partial charge in [-0.3, -0.25) is 9.08 Å². The molecule has 2 N–H and O–H groups in total. The fourth-order valence-electron chi connectivity index (χ4n) is 1.64. The van der Waals surface area contributed by atoms with Crippen molar-refractivity contribution in [3.63, 3.8) is 0 Å². The Morgan fingerprint density at radius 2 is 1.55 bits per heavy atom. The second-order valence-corrected chi connectivity index (χ2v) is 6.35. The van der Waals surface area contributed by atoms with Gasteiger partial charge in [0.05, 0.1) is 25.4 Å². The quantitative estimate of drug-likeness (QED) is 0.316. The van der Waals surface area contributed by atoms with Crippen LogP contribution >= 0.6 is 0 Å². The summed E-state index contributed by atoms with van der Waals surface area (Å²) in [6, 6.07) is 0. The predicted octanol–water partition coefficient (Wildman–Crippen LogP) is -0.693. The van der Waals surface area contributed by atoms with Crippen molar-refractivity contribution >= 4 is 10.1 Å². The fraction of sp³-hybridized carbons (Fsp3) is 0.692. The van der Waals surface area contributed by atoms with E-state index in [0.29, 0.717) is 0 Å². The molecule has 0 saturated carbocycles. The summed E-state index contributed by atoms with van der Waals surface area (Å²) in [4.78, 5) is 1.59. The Morgan fingerprint density at radius 1 is 1.09 bits per heavy atom. The van der Waals surface area contributed by atoms with Gasteiger partial charge >= 0.3 is 0 Å². The summed E-state index contributed by atoms with van der Waals surface area (Å²) in [5.41, 5.74) is 0. The Bertz CT molecular complexity index is 393. The molecule has 9 heteroatoms. The van der Waals surface area contributed by atoms with Crippen molar-refractivity contribution in [2.75, 3.05) is 45.7 Å². The number of hydrogen-bond acceptors (Lipinski definition) is 8. The van der Waals surface area contributed by atoms with E-state index in [4.69, 9.17) is 9.47 Å². The normalized spacial score (nSPS) is 14.4. The Balaban J connectivity index is 4.53. The molecule has 0 aromatic carbocycles. The van der Waals surface area contributed by atoms with Crippen LogP contribution in [0.5, 0.6) is 0 Å². The largest absolute Gasteiger partial charge is 0.499 e. The molecule has 0 aliphatic carbocycles. The van der Waals surface area contributed by atoms with Crippen molar-refractivity contribution in [2.24, 2.45) is 0 Å². The maximum absolute atomic E-state index is 11.4. The van der Waals surface area contributed by atoms with Crippen molar-refractivity contribution in [3.05, 3.63) is 25.7 Å². The molecule has 0 amide bonds. The molecule has 2 unspecified atom stereocenters. The molecular formula is C13H25NO7S. The van der Waals surface area contributed by atoms with Crippen LogP contribution in [0, 0.1) is 0 Å². The van der Waals surface area contributed by atoms with Gasteiger partial charge in [-0.1, -0.05) is 13.2 Å². The van der Waals surface area contributed by atoms with Crippen LogP contribution in [0.3, 0.4) is 0 Å². The van der Waals surface area contributed by atoms with Gasteiger partial charge in [-0.05, 0) is 0 Å². The minimum absolute atomic E-state index is 0.0241. The Hall–Kier alpha value is -1.13. The third-order valence-corrected chi connectivity index (χ3v) is 3.85. The molecule has 0 aromatic heterocycles. The average molecular weight is 339 g/mol. The summed E-state index contributed by atoms with van der Waals surface area (Å²) in [6.07, 6.45) is 0.706. The van der Waals surface area contributed by atoms with Gasteiger partial charge in [0, 0.05) is 19.6 Å². The van der Waals surface area contributed by atoms with E-state index in [9.17, 15) is 18.6 Å². The lowest BCUT2D eigenvalue weighted by molar-refractivity contribution is 0.0199. The molecule has 0 heterocycles. The summed E-state index contributed by atoms with van der Waals surface area (Å²) >= 11 is 0. The first-order valence-corrected chi connectivity index (χ1v) is 8.24. The van der Waals surface area contributed by atoms with Crippen LogP contribution in [0.1, 0.15) is 0 Å². The van der Waals surface area contributed by atoms with Gasteiger partial charge in [0.25, 0.3) is 10.1 Å². The number of aliphatic hydroxyl groups is 2. The molecule has 8 nitrogen and oxygen atoms in total. The van der Waals surface area contributed by atoms with Gasteiger partial charge in [-0.2, -0.15) is 8.42 Å². The lowest BCUT2D eigenvalue weighted by atomic mass is 10.3. The van der Waals surface area contributed by atoms with Crippen molar-refractivity contribution in [2.45, 2.75) is 12.2 Å². The molecule has 0 spiro atoms. The maximum atomic E-state index is 11.4. The Labute approximate surface area is 131 Å². The molecule has 2 atom stereocenters. The zero-order valence-electron chi connectivity index (χ0n) is 12.8. The zero-order chi connectivity index (χ0) is 17.0. The van der Waals surface area contributed by atoms with Gasteiger partial charge in [0.15, 0.2) is 0 Å². The first-order valence-electron chi connectivity index (χ1n) is 6.66. The van der Waals surface area contributed by atoms with E-state index < -0.39 is 22.3 Å². The maximum Gasteiger partial charge on any atom is 0.268 e. The smallest absolute Gasteiger partial charge is 0.268 e.